The highest BCUT2D eigenvalue weighted by molar-refractivity contribution is 7.89. The first-order valence-electron chi connectivity index (χ1n) is 5.68. The molecule has 0 unspecified atom stereocenters. The van der Waals surface area contributed by atoms with Crippen molar-refractivity contribution in [2.24, 2.45) is 0 Å². The number of hydrogen-bond acceptors (Lipinski definition) is 4. The van der Waals surface area contributed by atoms with Crippen LogP contribution in [0.4, 0.5) is 0 Å². The molecule has 1 fully saturated rings. The lowest BCUT2D eigenvalue weighted by Gasteiger charge is -2.15. The van der Waals surface area contributed by atoms with E-state index in [0.29, 0.717) is 11.4 Å². The van der Waals surface area contributed by atoms with E-state index < -0.39 is 10.0 Å². The zero-order valence-electron chi connectivity index (χ0n) is 10.4. The molecule has 0 amide bonds. The minimum atomic E-state index is -3.29. The second-order valence-corrected chi connectivity index (χ2v) is 7.72. The number of thiophene rings is 1. The van der Waals surface area contributed by atoms with Gasteiger partial charge in [-0.05, 0) is 32.9 Å². The van der Waals surface area contributed by atoms with Crippen LogP contribution in [0, 0.1) is 6.92 Å². The highest BCUT2D eigenvalue weighted by atomic mass is 32.2. The van der Waals surface area contributed by atoms with Crippen molar-refractivity contribution < 1.29 is 8.42 Å². The van der Waals surface area contributed by atoms with E-state index in [4.69, 9.17) is 0 Å². The lowest BCUT2D eigenvalue weighted by Crippen LogP contribution is -2.29. The molecule has 0 radical (unpaired) electrons. The van der Waals surface area contributed by atoms with E-state index in [2.05, 4.69) is 5.32 Å². The van der Waals surface area contributed by atoms with Gasteiger partial charge in [0.25, 0.3) is 0 Å². The van der Waals surface area contributed by atoms with Crippen LogP contribution in [-0.4, -0.2) is 32.9 Å². The predicted octanol–water partition coefficient (Wildman–Crippen LogP) is 1.56. The third-order valence-corrected chi connectivity index (χ3v) is 6.21. The standard InChI is InChI=1S/C11H18N2O2S2/c1-8-11(6-10(16-8)7-12-2)17(14,15)13(3)9-4-5-9/h6,9,12H,4-5,7H2,1-3H3. The van der Waals surface area contributed by atoms with Gasteiger partial charge in [-0.1, -0.05) is 0 Å². The fourth-order valence-electron chi connectivity index (χ4n) is 1.83. The van der Waals surface area contributed by atoms with E-state index in [-0.39, 0.29) is 6.04 Å². The van der Waals surface area contributed by atoms with Crippen LogP contribution in [0.15, 0.2) is 11.0 Å². The van der Waals surface area contributed by atoms with Crippen molar-refractivity contribution in [3.05, 3.63) is 15.8 Å². The van der Waals surface area contributed by atoms with Crippen LogP contribution in [0.25, 0.3) is 0 Å². The largest absolute Gasteiger partial charge is 0.315 e. The Bertz CT molecular complexity index is 504. The van der Waals surface area contributed by atoms with Crippen LogP contribution in [0.3, 0.4) is 0 Å². The smallest absolute Gasteiger partial charge is 0.244 e. The van der Waals surface area contributed by atoms with Crippen LogP contribution >= 0.6 is 11.3 Å². The maximum Gasteiger partial charge on any atom is 0.244 e. The van der Waals surface area contributed by atoms with E-state index in [0.717, 1.165) is 22.6 Å². The van der Waals surface area contributed by atoms with E-state index in [1.165, 1.54) is 4.31 Å². The van der Waals surface area contributed by atoms with Crippen LogP contribution in [0.1, 0.15) is 22.6 Å². The number of hydrogen-bond donors (Lipinski definition) is 1. The Balaban J connectivity index is 2.31. The minimum Gasteiger partial charge on any atom is -0.315 e. The van der Waals surface area contributed by atoms with Crippen molar-refractivity contribution in [1.29, 1.82) is 0 Å². The quantitative estimate of drug-likeness (QED) is 0.886. The minimum absolute atomic E-state index is 0.215. The molecular formula is C11H18N2O2S2. The lowest BCUT2D eigenvalue weighted by atomic mass is 10.4. The maximum absolute atomic E-state index is 12.4. The van der Waals surface area contributed by atoms with Crippen LogP contribution in [-0.2, 0) is 16.6 Å². The van der Waals surface area contributed by atoms with Crippen LogP contribution in [0.5, 0.6) is 0 Å². The summed E-state index contributed by atoms with van der Waals surface area (Å²) in [5, 5.41) is 3.04. The molecule has 1 aliphatic carbocycles. The summed E-state index contributed by atoms with van der Waals surface area (Å²) < 4.78 is 26.2. The van der Waals surface area contributed by atoms with E-state index >= 15 is 0 Å². The van der Waals surface area contributed by atoms with Gasteiger partial charge in [-0.3, -0.25) is 0 Å². The first-order chi connectivity index (χ1) is 7.96. The maximum atomic E-state index is 12.4. The van der Waals surface area contributed by atoms with Gasteiger partial charge in [0.05, 0.1) is 4.90 Å². The van der Waals surface area contributed by atoms with Crippen molar-refractivity contribution in [2.45, 2.75) is 37.2 Å². The fourth-order valence-corrected chi connectivity index (χ4v) is 4.86. The molecule has 0 atom stereocenters. The zero-order valence-corrected chi connectivity index (χ0v) is 12.0. The predicted molar refractivity (Wildman–Crippen MR) is 69.8 cm³/mol. The second-order valence-electron chi connectivity index (χ2n) is 4.42. The number of nitrogens with zero attached hydrogens (tertiary/aromatic N) is 1. The Hall–Kier alpha value is -0.430. The van der Waals surface area contributed by atoms with Crippen LogP contribution in [0.2, 0.25) is 0 Å². The summed E-state index contributed by atoms with van der Waals surface area (Å²) in [6, 6.07) is 2.01. The molecule has 2 rings (SSSR count). The average Bonchev–Trinajstić information content (AvgIpc) is 3.03. The molecular weight excluding hydrogens is 256 g/mol. The SMILES string of the molecule is CNCc1cc(S(=O)(=O)N(C)C2CC2)c(C)s1. The zero-order chi connectivity index (χ0) is 12.6. The molecule has 1 aliphatic rings. The van der Waals surface area contributed by atoms with Crippen molar-refractivity contribution in [1.82, 2.24) is 9.62 Å². The van der Waals surface area contributed by atoms with Gasteiger partial charge in [-0.15, -0.1) is 11.3 Å². The van der Waals surface area contributed by atoms with E-state index in [9.17, 15) is 8.42 Å². The molecule has 17 heavy (non-hydrogen) atoms. The fraction of sp³-hybridized carbons (Fsp3) is 0.636. The second kappa shape index (κ2) is 4.68. The highest BCUT2D eigenvalue weighted by Crippen LogP contribution is 2.33. The van der Waals surface area contributed by atoms with Crippen molar-refractivity contribution in [3.8, 4) is 0 Å². The Labute approximate surface area is 107 Å². The lowest BCUT2D eigenvalue weighted by molar-refractivity contribution is 0.464. The molecule has 0 aliphatic heterocycles. The highest BCUT2D eigenvalue weighted by Gasteiger charge is 2.36. The topological polar surface area (TPSA) is 49.4 Å². The average molecular weight is 274 g/mol. The monoisotopic (exact) mass is 274 g/mol. The van der Waals surface area contributed by atoms with E-state index in [1.54, 1.807) is 24.5 Å². The molecule has 6 heteroatoms. The molecule has 1 aromatic heterocycles. The third-order valence-electron chi connectivity index (χ3n) is 2.99. The van der Waals surface area contributed by atoms with Gasteiger partial charge in [0.15, 0.2) is 0 Å². The molecule has 1 heterocycles. The third kappa shape index (κ3) is 2.54. The molecule has 96 valence electrons. The first-order valence-corrected chi connectivity index (χ1v) is 7.94. The normalized spacial score (nSPS) is 16.7. The Morgan fingerprint density at radius 2 is 2.18 bits per heavy atom. The molecule has 4 nitrogen and oxygen atoms in total. The van der Waals surface area contributed by atoms with Gasteiger partial charge in [0, 0.05) is 29.4 Å². The molecule has 0 bridgehead atoms. The van der Waals surface area contributed by atoms with Crippen molar-refractivity contribution in [2.75, 3.05) is 14.1 Å². The number of nitrogens with one attached hydrogen (secondary N) is 1. The van der Waals surface area contributed by atoms with Gasteiger partial charge in [-0.25, -0.2) is 8.42 Å². The Morgan fingerprint density at radius 1 is 1.53 bits per heavy atom. The summed E-state index contributed by atoms with van der Waals surface area (Å²) >= 11 is 1.55. The first kappa shape index (κ1) is 13.0. The Kier molecular flexibility index (Phi) is 3.58. The molecule has 1 saturated carbocycles. The van der Waals surface area contributed by atoms with Gasteiger partial charge in [0.2, 0.25) is 10.0 Å². The van der Waals surface area contributed by atoms with Crippen molar-refractivity contribution in [3.63, 3.8) is 0 Å². The van der Waals surface area contributed by atoms with Gasteiger partial charge in [-0.2, -0.15) is 4.31 Å². The van der Waals surface area contributed by atoms with Gasteiger partial charge in [0.1, 0.15) is 0 Å². The summed E-state index contributed by atoms with van der Waals surface area (Å²) in [7, 11) is 0.255. The summed E-state index contributed by atoms with van der Waals surface area (Å²) in [5.74, 6) is 0. The number of sulfonamides is 1. The molecule has 1 aromatic rings. The summed E-state index contributed by atoms with van der Waals surface area (Å²) in [6.07, 6.45) is 1.98. The van der Waals surface area contributed by atoms with Crippen molar-refractivity contribution >= 4 is 21.4 Å². The summed E-state index contributed by atoms with van der Waals surface area (Å²) in [6.45, 7) is 2.59. The number of aryl methyl sites for hydroxylation is 1. The summed E-state index contributed by atoms with van der Waals surface area (Å²) in [5.41, 5.74) is 0. The number of rotatable bonds is 5. The molecule has 0 spiro atoms. The van der Waals surface area contributed by atoms with Gasteiger partial charge < -0.3 is 5.32 Å². The summed E-state index contributed by atoms with van der Waals surface area (Å²) in [4.78, 5) is 2.41. The van der Waals surface area contributed by atoms with E-state index in [1.807, 2.05) is 14.0 Å². The van der Waals surface area contributed by atoms with Crippen LogP contribution < -0.4 is 5.32 Å². The Morgan fingerprint density at radius 3 is 2.71 bits per heavy atom. The molecule has 1 N–H and O–H groups in total. The molecule has 0 saturated heterocycles. The molecule has 0 aromatic carbocycles. The van der Waals surface area contributed by atoms with Gasteiger partial charge >= 0.3 is 0 Å².